The van der Waals surface area contributed by atoms with Crippen molar-refractivity contribution in [2.24, 2.45) is 5.92 Å². The second kappa shape index (κ2) is 23.6. The summed E-state index contributed by atoms with van der Waals surface area (Å²) in [6.07, 6.45) is 8.46. The van der Waals surface area contributed by atoms with Gasteiger partial charge in [0.25, 0.3) is 5.91 Å². The summed E-state index contributed by atoms with van der Waals surface area (Å²) in [7, 11) is 0. The first-order chi connectivity index (χ1) is 34.9. The van der Waals surface area contributed by atoms with E-state index >= 15 is 4.79 Å². The Bertz CT molecular complexity index is 2610. The lowest BCUT2D eigenvalue weighted by atomic mass is 9.82. The number of carbonyl (C=O) groups is 4. The van der Waals surface area contributed by atoms with E-state index in [4.69, 9.17) is 9.47 Å². The lowest BCUT2D eigenvalue weighted by Crippen LogP contribution is -2.49. The van der Waals surface area contributed by atoms with Gasteiger partial charge in [-0.05, 0) is 162 Å². The van der Waals surface area contributed by atoms with Gasteiger partial charge < -0.3 is 50.3 Å². The second-order valence-corrected chi connectivity index (χ2v) is 19.1. The van der Waals surface area contributed by atoms with Crippen molar-refractivity contribution in [2.45, 2.75) is 109 Å². The summed E-state index contributed by atoms with van der Waals surface area (Å²) in [5.41, 5.74) is 3.73. The molecule has 6 N–H and O–H groups in total. The largest absolute Gasteiger partial charge is 0.494 e. The molecule has 0 spiro atoms. The fourth-order valence-electron chi connectivity index (χ4n) is 10.6. The van der Waals surface area contributed by atoms with Crippen molar-refractivity contribution in [2.75, 3.05) is 67.4 Å². The van der Waals surface area contributed by atoms with E-state index in [2.05, 4.69) is 10.6 Å². The van der Waals surface area contributed by atoms with Crippen molar-refractivity contribution in [1.29, 1.82) is 0 Å². The van der Waals surface area contributed by atoms with Crippen LogP contribution in [-0.2, 0) is 44.2 Å². The van der Waals surface area contributed by atoms with Gasteiger partial charge in [-0.1, -0.05) is 31.2 Å². The fraction of sp³-hybridized carbons (Fsp3) is 0.464. The zero-order chi connectivity index (χ0) is 50.9. The standard InChI is InChI=1S/C56H70N6O10/c1-4-71-44-20-23-49-39(30-44)32-47(57-25-6-8-28-63)53(67)61(49)41-17-15-38(16-18-41)35-60-51-22-19-42(62-50-24-21-45(72-5-2)31-40(50)33-48(54(62)68)58-26-7-9-29-64)34-46(51)56(70,55(60)69)37(3)12-10-14-52(66)59-27-11-13-43(59)36-65/h10,12,15-24,30-31,34,37,43,47-48,57-58,63-65,70H,4-9,11,13-14,25-29,32-33,35-36H2,1-3H3/b12-10+/t37-,43-,47?,48?,56+/m0/s1. The molecule has 0 saturated carbocycles. The van der Waals surface area contributed by atoms with E-state index in [1.807, 2.05) is 74.5 Å². The third-order valence-corrected chi connectivity index (χ3v) is 14.4. The van der Waals surface area contributed by atoms with Gasteiger partial charge in [0.2, 0.25) is 17.7 Å². The number of anilines is 5. The fourth-order valence-corrected chi connectivity index (χ4v) is 10.6. The topological polar surface area (TPSA) is 205 Å². The molecule has 384 valence electrons. The highest BCUT2D eigenvalue weighted by atomic mass is 16.5. The van der Waals surface area contributed by atoms with Gasteiger partial charge in [0.15, 0.2) is 5.60 Å². The van der Waals surface area contributed by atoms with Crippen LogP contribution in [0.5, 0.6) is 11.5 Å². The molecule has 0 aliphatic carbocycles. The Morgan fingerprint density at radius 3 is 1.86 bits per heavy atom. The highest BCUT2D eigenvalue weighted by Crippen LogP contribution is 2.49. The molecule has 0 radical (unpaired) electrons. The molecule has 4 aromatic rings. The van der Waals surface area contributed by atoms with E-state index in [-0.39, 0.29) is 56.5 Å². The van der Waals surface area contributed by atoms with E-state index < -0.39 is 29.5 Å². The predicted molar refractivity (Wildman–Crippen MR) is 276 cm³/mol. The molecule has 5 atom stereocenters. The number of hydrogen-bond donors (Lipinski definition) is 6. The van der Waals surface area contributed by atoms with Crippen LogP contribution in [0.2, 0.25) is 0 Å². The lowest BCUT2D eigenvalue weighted by molar-refractivity contribution is -0.139. The van der Waals surface area contributed by atoms with Crippen LogP contribution in [-0.4, -0.2) is 120 Å². The highest BCUT2D eigenvalue weighted by molar-refractivity contribution is 6.10. The molecule has 4 aliphatic rings. The zero-order valence-corrected chi connectivity index (χ0v) is 41.7. The third kappa shape index (κ3) is 10.8. The monoisotopic (exact) mass is 987 g/mol. The van der Waals surface area contributed by atoms with Gasteiger partial charge in [0, 0.05) is 49.0 Å². The van der Waals surface area contributed by atoms with Gasteiger partial charge in [-0.3, -0.25) is 29.0 Å². The van der Waals surface area contributed by atoms with Gasteiger partial charge in [0.1, 0.15) is 11.5 Å². The van der Waals surface area contributed by atoms with Crippen molar-refractivity contribution < 1.29 is 49.1 Å². The van der Waals surface area contributed by atoms with Gasteiger partial charge in [0.05, 0.1) is 61.6 Å². The Morgan fingerprint density at radius 1 is 0.750 bits per heavy atom. The van der Waals surface area contributed by atoms with Crippen LogP contribution < -0.4 is 34.8 Å². The number of amides is 4. The molecule has 1 fully saturated rings. The maximum absolute atomic E-state index is 15.1. The minimum atomic E-state index is -2.11. The van der Waals surface area contributed by atoms with Gasteiger partial charge in [-0.2, -0.15) is 0 Å². The molecule has 4 aliphatic heterocycles. The van der Waals surface area contributed by atoms with Crippen molar-refractivity contribution >= 4 is 52.1 Å². The summed E-state index contributed by atoms with van der Waals surface area (Å²) >= 11 is 0. The van der Waals surface area contributed by atoms with Gasteiger partial charge >= 0.3 is 0 Å². The number of likely N-dealkylation sites (tertiary alicyclic amines) is 1. The molecular formula is C56H70N6O10. The van der Waals surface area contributed by atoms with Gasteiger partial charge in [-0.15, -0.1) is 0 Å². The van der Waals surface area contributed by atoms with Gasteiger partial charge in [-0.25, -0.2) is 0 Å². The maximum Gasteiger partial charge on any atom is 0.264 e. The maximum atomic E-state index is 15.1. The summed E-state index contributed by atoms with van der Waals surface area (Å²) in [6, 6.07) is 22.8. The SMILES string of the molecule is CCOc1ccc2c(c1)CC(NCCCCO)C(=O)N2c1ccc(CN2C(=O)[C@@](O)([C@@H](C)/C=C/CC(=O)N3CCC[C@H]3CO)c3cc(N4C(=O)C(NCCCCO)Cc5cc(OCC)ccc54)ccc32)cc1. The number of unbranched alkanes of at least 4 members (excludes halogenated alkanes) is 2. The normalized spacial score (nSPS) is 21.1. The first kappa shape index (κ1) is 52.2. The van der Waals surface area contributed by atoms with Crippen molar-refractivity contribution in [3.63, 3.8) is 0 Å². The van der Waals surface area contributed by atoms with Crippen LogP contribution in [0, 0.1) is 5.92 Å². The van der Waals surface area contributed by atoms with Crippen molar-refractivity contribution in [3.8, 4) is 11.5 Å². The Balaban J connectivity index is 1.13. The molecule has 8 rings (SSSR count). The molecule has 2 unspecified atom stereocenters. The van der Waals surface area contributed by atoms with Crippen LogP contribution in [0.3, 0.4) is 0 Å². The molecule has 4 amide bonds. The van der Waals surface area contributed by atoms with Crippen LogP contribution in [0.4, 0.5) is 28.4 Å². The molecule has 16 nitrogen and oxygen atoms in total. The van der Waals surface area contributed by atoms with Crippen molar-refractivity contribution in [3.05, 3.63) is 113 Å². The number of nitrogens with one attached hydrogen (secondary N) is 2. The summed E-state index contributed by atoms with van der Waals surface area (Å²) in [6.45, 7) is 8.29. The lowest BCUT2D eigenvalue weighted by Gasteiger charge is -2.35. The summed E-state index contributed by atoms with van der Waals surface area (Å²) in [5, 5.41) is 48.4. The van der Waals surface area contributed by atoms with E-state index in [1.165, 1.54) is 0 Å². The number of aliphatic hydroxyl groups is 4. The molecular weight excluding hydrogens is 917 g/mol. The Kier molecular flexibility index (Phi) is 17.1. The Morgan fingerprint density at radius 2 is 1.31 bits per heavy atom. The number of aliphatic hydroxyl groups excluding tert-OH is 3. The van der Waals surface area contributed by atoms with E-state index in [9.17, 15) is 34.8 Å². The average Bonchev–Trinajstić information content (AvgIpc) is 3.95. The van der Waals surface area contributed by atoms with E-state index in [0.29, 0.717) is 105 Å². The molecule has 0 aromatic heterocycles. The van der Waals surface area contributed by atoms with Crippen LogP contribution in [0.15, 0.2) is 91.0 Å². The Labute approximate surface area is 422 Å². The molecule has 4 aromatic carbocycles. The molecule has 4 heterocycles. The molecule has 0 bridgehead atoms. The molecule has 72 heavy (non-hydrogen) atoms. The molecule has 16 heteroatoms. The first-order valence-electron chi connectivity index (χ1n) is 25.7. The predicted octanol–water partition coefficient (Wildman–Crippen LogP) is 5.69. The number of hydrogen-bond acceptors (Lipinski definition) is 12. The smallest absolute Gasteiger partial charge is 0.264 e. The Hall–Kier alpha value is -6.14. The number of rotatable bonds is 23. The van der Waals surface area contributed by atoms with Crippen LogP contribution in [0.1, 0.15) is 88.0 Å². The van der Waals surface area contributed by atoms with Crippen molar-refractivity contribution in [1.82, 2.24) is 15.5 Å². The third-order valence-electron chi connectivity index (χ3n) is 14.4. The summed E-state index contributed by atoms with van der Waals surface area (Å²) in [5.74, 6) is -0.470. The van der Waals surface area contributed by atoms with E-state index in [1.54, 1.807) is 56.9 Å². The minimum Gasteiger partial charge on any atom is -0.494 e. The zero-order valence-electron chi connectivity index (χ0n) is 41.7. The summed E-state index contributed by atoms with van der Waals surface area (Å²) < 4.78 is 11.7. The number of nitrogens with zero attached hydrogens (tertiary/aromatic N) is 4. The number of carbonyl (C=O) groups excluding carboxylic acids is 4. The first-order valence-corrected chi connectivity index (χ1v) is 25.7. The minimum absolute atomic E-state index is 0.0295. The quantitative estimate of drug-likeness (QED) is 0.0392. The van der Waals surface area contributed by atoms with Crippen LogP contribution in [0.25, 0.3) is 0 Å². The highest BCUT2D eigenvalue weighted by Gasteiger charge is 2.53. The number of benzene rings is 4. The van der Waals surface area contributed by atoms with E-state index in [0.717, 1.165) is 41.6 Å². The number of fused-ring (bicyclic) bond motifs is 3. The number of ether oxygens (including phenoxy) is 2. The van der Waals surface area contributed by atoms with Crippen LogP contribution >= 0.6 is 0 Å². The average molecular weight is 987 g/mol. The molecule has 1 saturated heterocycles. The second-order valence-electron chi connectivity index (χ2n) is 19.1. The summed E-state index contributed by atoms with van der Waals surface area (Å²) in [4.78, 5) is 63.7.